The van der Waals surface area contributed by atoms with E-state index in [1.807, 2.05) is 64.1 Å². The molecule has 1 aromatic carbocycles. The zero-order valence-corrected chi connectivity index (χ0v) is 12.9. The first kappa shape index (κ1) is 16.3. The average molecular weight is 275 g/mol. The highest BCUT2D eigenvalue weighted by Gasteiger charge is 2.26. The van der Waals surface area contributed by atoms with Crippen LogP contribution < -0.4 is 0 Å². The highest BCUT2D eigenvalue weighted by Crippen LogP contribution is 2.22. The molecule has 0 fully saturated rings. The van der Waals surface area contributed by atoms with Gasteiger partial charge in [-0.1, -0.05) is 36.4 Å². The first-order valence-corrected chi connectivity index (χ1v) is 7.00. The van der Waals surface area contributed by atoms with Crippen molar-refractivity contribution in [3.63, 3.8) is 0 Å². The molecule has 0 N–H and O–H groups in total. The van der Waals surface area contributed by atoms with Gasteiger partial charge in [0.2, 0.25) is 0 Å². The van der Waals surface area contributed by atoms with Crippen molar-refractivity contribution in [3.05, 3.63) is 48.6 Å². The molecule has 1 rings (SSSR count). The molecule has 20 heavy (non-hydrogen) atoms. The highest BCUT2D eigenvalue weighted by molar-refractivity contribution is 5.68. The molecular formula is C17H25NO2. The summed E-state index contributed by atoms with van der Waals surface area (Å²) in [5.74, 6) is 0. The zero-order valence-electron chi connectivity index (χ0n) is 12.9. The second-order valence-electron chi connectivity index (χ2n) is 5.84. The molecule has 0 heterocycles. The lowest BCUT2D eigenvalue weighted by Gasteiger charge is -2.31. The van der Waals surface area contributed by atoms with Crippen LogP contribution in [0.1, 0.15) is 45.7 Å². The van der Waals surface area contributed by atoms with E-state index in [0.717, 1.165) is 12.0 Å². The molecule has 0 radical (unpaired) electrons. The van der Waals surface area contributed by atoms with Crippen LogP contribution >= 0.6 is 0 Å². The Kier molecular flexibility index (Phi) is 5.81. The van der Waals surface area contributed by atoms with Crippen LogP contribution in [0.3, 0.4) is 0 Å². The monoisotopic (exact) mass is 275 g/mol. The second-order valence-corrected chi connectivity index (χ2v) is 5.84. The largest absolute Gasteiger partial charge is 0.444 e. The third-order valence-electron chi connectivity index (χ3n) is 2.95. The predicted octanol–water partition coefficient (Wildman–Crippen LogP) is 4.56. The van der Waals surface area contributed by atoms with Gasteiger partial charge in [-0.05, 0) is 39.7 Å². The Bertz CT molecular complexity index is 434. The minimum atomic E-state index is -0.486. The summed E-state index contributed by atoms with van der Waals surface area (Å²) >= 11 is 0. The summed E-state index contributed by atoms with van der Waals surface area (Å²) in [6.45, 7) is 12.0. The SMILES string of the molecule is C=CCCN(C(=O)OC(C)(C)C)[C@H](C)c1ccccc1. The third kappa shape index (κ3) is 5.08. The molecule has 110 valence electrons. The standard InChI is InChI=1S/C17H25NO2/c1-6-7-13-18(16(19)20-17(3,4)5)14(2)15-11-9-8-10-12-15/h6,8-12,14H,1,7,13H2,2-5H3/t14-/m1/s1. The van der Waals surface area contributed by atoms with E-state index in [1.54, 1.807) is 4.90 Å². The number of nitrogens with zero attached hydrogens (tertiary/aromatic N) is 1. The van der Waals surface area contributed by atoms with Gasteiger partial charge in [-0.3, -0.25) is 0 Å². The van der Waals surface area contributed by atoms with Crippen LogP contribution in [0.5, 0.6) is 0 Å². The number of hydrogen-bond donors (Lipinski definition) is 0. The Hall–Kier alpha value is -1.77. The second kappa shape index (κ2) is 7.13. The van der Waals surface area contributed by atoms with Gasteiger partial charge in [0.15, 0.2) is 0 Å². The van der Waals surface area contributed by atoms with Crippen molar-refractivity contribution in [2.45, 2.75) is 45.8 Å². The number of carbonyl (C=O) groups excluding carboxylic acids is 1. The number of amides is 1. The smallest absolute Gasteiger partial charge is 0.410 e. The van der Waals surface area contributed by atoms with Crippen LogP contribution in [-0.2, 0) is 4.74 Å². The Labute approximate surface area is 122 Å². The normalized spacial score (nSPS) is 12.6. The fraction of sp³-hybridized carbons (Fsp3) is 0.471. The quantitative estimate of drug-likeness (QED) is 0.737. The Morgan fingerprint density at radius 1 is 1.35 bits per heavy atom. The van der Waals surface area contributed by atoms with Gasteiger partial charge in [-0.2, -0.15) is 0 Å². The topological polar surface area (TPSA) is 29.5 Å². The molecule has 0 aromatic heterocycles. The molecule has 0 aliphatic heterocycles. The summed E-state index contributed by atoms with van der Waals surface area (Å²) in [5, 5.41) is 0. The summed E-state index contributed by atoms with van der Waals surface area (Å²) in [6.07, 6.45) is 2.28. The molecule has 0 spiro atoms. The maximum atomic E-state index is 12.3. The van der Waals surface area contributed by atoms with E-state index in [2.05, 4.69) is 6.58 Å². The molecule has 0 saturated heterocycles. The van der Waals surface area contributed by atoms with E-state index in [0.29, 0.717) is 6.54 Å². The number of benzene rings is 1. The number of ether oxygens (including phenoxy) is 1. The van der Waals surface area contributed by atoms with Crippen molar-refractivity contribution in [1.82, 2.24) is 4.90 Å². The third-order valence-corrected chi connectivity index (χ3v) is 2.95. The summed E-state index contributed by atoms with van der Waals surface area (Å²) in [5.41, 5.74) is 0.613. The molecule has 1 aromatic rings. The minimum absolute atomic E-state index is 0.0222. The molecule has 0 aliphatic carbocycles. The van der Waals surface area contributed by atoms with Gasteiger partial charge in [0.1, 0.15) is 5.60 Å². The molecule has 1 atom stereocenters. The van der Waals surface area contributed by atoms with Gasteiger partial charge in [-0.15, -0.1) is 6.58 Å². The van der Waals surface area contributed by atoms with Crippen molar-refractivity contribution in [2.24, 2.45) is 0 Å². The molecule has 0 bridgehead atoms. The zero-order chi connectivity index (χ0) is 15.2. The molecule has 1 amide bonds. The fourth-order valence-corrected chi connectivity index (χ4v) is 1.91. The van der Waals surface area contributed by atoms with E-state index in [1.165, 1.54) is 0 Å². The van der Waals surface area contributed by atoms with Crippen molar-refractivity contribution in [1.29, 1.82) is 0 Å². The summed E-state index contributed by atoms with van der Waals surface area (Å²) in [6, 6.07) is 9.95. The van der Waals surface area contributed by atoms with Gasteiger partial charge in [0, 0.05) is 6.54 Å². The van der Waals surface area contributed by atoms with E-state index in [4.69, 9.17) is 4.74 Å². The van der Waals surface area contributed by atoms with Crippen molar-refractivity contribution in [2.75, 3.05) is 6.54 Å². The minimum Gasteiger partial charge on any atom is -0.444 e. The molecular weight excluding hydrogens is 250 g/mol. The first-order valence-electron chi connectivity index (χ1n) is 7.00. The number of carbonyl (C=O) groups is 1. The molecule has 3 heteroatoms. The van der Waals surface area contributed by atoms with Crippen molar-refractivity contribution >= 4 is 6.09 Å². The van der Waals surface area contributed by atoms with E-state index >= 15 is 0 Å². The van der Waals surface area contributed by atoms with Gasteiger partial charge < -0.3 is 9.64 Å². The Morgan fingerprint density at radius 2 is 1.95 bits per heavy atom. The summed E-state index contributed by atoms with van der Waals surface area (Å²) < 4.78 is 5.49. The van der Waals surface area contributed by atoms with Crippen molar-refractivity contribution < 1.29 is 9.53 Å². The van der Waals surface area contributed by atoms with Gasteiger partial charge in [-0.25, -0.2) is 4.79 Å². The van der Waals surface area contributed by atoms with Gasteiger partial charge in [0.25, 0.3) is 0 Å². The van der Waals surface area contributed by atoms with Crippen LogP contribution in [0.2, 0.25) is 0 Å². The van der Waals surface area contributed by atoms with Crippen LogP contribution in [0.4, 0.5) is 4.79 Å². The van der Waals surface area contributed by atoms with E-state index in [-0.39, 0.29) is 12.1 Å². The molecule has 0 aliphatic rings. The van der Waals surface area contributed by atoms with E-state index in [9.17, 15) is 4.79 Å². The predicted molar refractivity (Wildman–Crippen MR) is 82.6 cm³/mol. The van der Waals surface area contributed by atoms with Crippen molar-refractivity contribution in [3.8, 4) is 0 Å². The van der Waals surface area contributed by atoms with Crippen LogP contribution in [0.15, 0.2) is 43.0 Å². The lowest BCUT2D eigenvalue weighted by molar-refractivity contribution is 0.0177. The lowest BCUT2D eigenvalue weighted by Crippen LogP contribution is -2.38. The molecule has 0 unspecified atom stereocenters. The molecule has 0 saturated carbocycles. The number of hydrogen-bond acceptors (Lipinski definition) is 2. The molecule has 3 nitrogen and oxygen atoms in total. The number of rotatable bonds is 5. The van der Waals surface area contributed by atoms with Crippen LogP contribution in [0, 0.1) is 0 Å². The highest BCUT2D eigenvalue weighted by atomic mass is 16.6. The van der Waals surface area contributed by atoms with Crippen LogP contribution in [0.25, 0.3) is 0 Å². The van der Waals surface area contributed by atoms with Crippen LogP contribution in [-0.4, -0.2) is 23.1 Å². The fourth-order valence-electron chi connectivity index (χ4n) is 1.91. The van der Waals surface area contributed by atoms with Gasteiger partial charge >= 0.3 is 6.09 Å². The maximum Gasteiger partial charge on any atom is 0.410 e. The average Bonchev–Trinajstić information content (AvgIpc) is 2.38. The first-order chi connectivity index (χ1) is 9.35. The van der Waals surface area contributed by atoms with E-state index < -0.39 is 5.60 Å². The maximum absolute atomic E-state index is 12.3. The summed E-state index contributed by atoms with van der Waals surface area (Å²) in [7, 11) is 0. The van der Waals surface area contributed by atoms with Gasteiger partial charge in [0.05, 0.1) is 6.04 Å². The summed E-state index contributed by atoms with van der Waals surface area (Å²) in [4.78, 5) is 14.1. The Balaban J connectivity index is 2.88. The Morgan fingerprint density at radius 3 is 2.45 bits per heavy atom. The lowest BCUT2D eigenvalue weighted by atomic mass is 10.1.